The number of hydrogen-bond acceptors (Lipinski definition) is 3. The number of aromatic nitrogens is 1. The average Bonchev–Trinajstić information content (AvgIpc) is 2.42. The van der Waals surface area contributed by atoms with Gasteiger partial charge < -0.3 is 9.47 Å². The van der Waals surface area contributed by atoms with Crippen molar-refractivity contribution in [3.05, 3.63) is 52.8 Å². The molecule has 2 rings (SSSR count). The minimum absolute atomic E-state index is 0.179. The first-order chi connectivity index (χ1) is 9.94. The van der Waals surface area contributed by atoms with Crippen LogP contribution in [0.1, 0.15) is 5.56 Å². The lowest BCUT2D eigenvalue weighted by molar-refractivity contribution is -0.274. The van der Waals surface area contributed by atoms with Crippen LogP contribution < -0.4 is 9.47 Å². The second-order valence-corrected chi connectivity index (χ2v) is 4.95. The van der Waals surface area contributed by atoms with E-state index in [1.165, 1.54) is 18.2 Å². The Morgan fingerprint density at radius 3 is 2.62 bits per heavy atom. The Morgan fingerprint density at radius 1 is 1.19 bits per heavy atom. The standard InChI is InChI=1S/C14H11BrF3NO2/c15-12-8-11(3-4-13(12)21-14(16,17)18)20-7-5-10-2-1-6-19-9-10/h1-4,6,8-9H,5,7H2. The second kappa shape index (κ2) is 6.80. The molecular formula is C14H11BrF3NO2. The molecule has 2 aromatic rings. The van der Waals surface area contributed by atoms with Gasteiger partial charge in [-0.3, -0.25) is 4.98 Å². The molecule has 0 bridgehead atoms. The predicted molar refractivity (Wildman–Crippen MR) is 74.3 cm³/mol. The summed E-state index contributed by atoms with van der Waals surface area (Å²) in [6, 6.07) is 7.82. The average molecular weight is 362 g/mol. The third kappa shape index (κ3) is 5.26. The fourth-order valence-electron chi connectivity index (χ4n) is 1.61. The normalized spacial score (nSPS) is 11.2. The fraction of sp³-hybridized carbons (Fsp3) is 0.214. The van der Waals surface area contributed by atoms with Gasteiger partial charge in [0.25, 0.3) is 0 Å². The van der Waals surface area contributed by atoms with Gasteiger partial charge in [-0.25, -0.2) is 0 Å². The molecule has 0 saturated heterocycles. The zero-order valence-electron chi connectivity index (χ0n) is 10.7. The van der Waals surface area contributed by atoms with Crippen molar-refractivity contribution in [1.82, 2.24) is 4.98 Å². The van der Waals surface area contributed by atoms with Crippen molar-refractivity contribution in [3.8, 4) is 11.5 Å². The van der Waals surface area contributed by atoms with Crippen LogP contribution in [0.25, 0.3) is 0 Å². The Labute approximate surface area is 127 Å². The quantitative estimate of drug-likeness (QED) is 0.792. The molecule has 1 aromatic carbocycles. The Kier molecular flexibility index (Phi) is 5.06. The van der Waals surface area contributed by atoms with Crippen LogP contribution in [-0.2, 0) is 6.42 Å². The molecule has 0 aliphatic carbocycles. The summed E-state index contributed by atoms with van der Waals surface area (Å²) in [4.78, 5) is 3.98. The summed E-state index contributed by atoms with van der Waals surface area (Å²) in [6.07, 6.45) is -0.641. The zero-order valence-corrected chi connectivity index (χ0v) is 12.3. The van der Waals surface area contributed by atoms with Crippen molar-refractivity contribution in [3.63, 3.8) is 0 Å². The first-order valence-corrected chi connectivity index (χ1v) is 6.80. The van der Waals surface area contributed by atoms with Gasteiger partial charge in [0, 0.05) is 18.8 Å². The molecule has 0 amide bonds. The van der Waals surface area contributed by atoms with Gasteiger partial charge in [0.1, 0.15) is 11.5 Å². The lowest BCUT2D eigenvalue weighted by Crippen LogP contribution is -2.17. The Morgan fingerprint density at radius 2 is 2.00 bits per heavy atom. The first-order valence-electron chi connectivity index (χ1n) is 6.01. The zero-order chi connectivity index (χ0) is 15.3. The van der Waals surface area contributed by atoms with Crippen molar-refractivity contribution in [1.29, 1.82) is 0 Å². The molecule has 0 unspecified atom stereocenters. The van der Waals surface area contributed by atoms with E-state index >= 15 is 0 Å². The third-order valence-corrected chi connectivity index (χ3v) is 3.13. The molecule has 0 atom stereocenters. The number of alkyl halides is 3. The molecule has 7 heteroatoms. The SMILES string of the molecule is FC(F)(F)Oc1ccc(OCCc2cccnc2)cc1Br. The molecule has 1 heterocycles. The molecule has 112 valence electrons. The number of hydrogen-bond donors (Lipinski definition) is 0. The highest BCUT2D eigenvalue weighted by Gasteiger charge is 2.31. The van der Waals surface area contributed by atoms with Gasteiger partial charge in [-0.05, 0) is 45.8 Å². The van der Waals surface area contributed by atoms with Crippen LogP contribution in [0.4, 0.5) is 13.2 Å². The van der Waals surface area contributed by atoms with Gasteiger partial charge in [0.05, 0.1) is 11.1 Å². The van der Waals surface area contributed by atoms with E-state index < -0.39 is 6.36 Å². The summed E-state index contributed by atoms with van der Waals surface area (Å²) in [5.41, 5.74) is 1.02. The lowest BCUT2D eigenvalue weighted by atomic mass is 10.2. The van der Waals surface area contributed by atoms with Gasteiger partial charge in [-0.15, -0.1) is 13.2 Å². The molecule has 0 fully saturated rings. The molecule has 21 heavy (non-hydrogen) atoms. The summed E-state index contributed by atoms with van der Waals surface area (Å²) >= 11 is 3.02. The van der Waals surface area contributed by atoms with E-state index in [1.54, 1.807) is 12.4 Å². The highest BCUT2D eigenvalue weighted by atomic mass is 79.9. The van der Waals surface area contributed by atoms with Crippen LogP contribution in [0.5, 0.6) is 11.5 Å². The van der Waals surface area contributed by atoms with Gasteiger partial charge in [-0.1, -0.05) is 6.07 Å². The second-order valence-electron chi connectivity index (χ2n) is 4.10. The monoisotopic (exact) mass is 361 g/mol. The Hall–Kier alpha value is -1.76. The summed E-state index contributed by atoms with van der Waals surface area (Å²) < 4.78 is 45.9. The van der Waals surface area contributed by atoms with E-state index in [-0.39, 0.29) is 10.2 Å². The summed E-state index contributed by atoms with van der Waals surface area (Å²) in [5.74, 6) is 0.155. The Balaban J connectivity index is 1.91. The van der Waals surface area contributed by atoms with Crippen molar-refractivity contribution in [2.24, 2.45) is 0 Å². The fourth-order valence-corrected chi connectivity index (χ4v) is 2.05. The molecule has 1 aromatic heterocycles. The van der Waals surface area contributed by atoms with E-state index in [2.05, 4.69) is 25.7 Å². The van der Waals surface area contributed by atoms with Crippen LogP contribution in [0.15, 0.2) is 47.2 Å². The van der Waals surface area contributed by atoms with E-state index in [9.17, 15) is 13.2 Å². The molecule has 0 aliphatic heterocycles. The van der Waals surface area contributed by atoms with Crippen LogP contribution >= 0.6 is 15.9 Å². The van der Waals surface area contributed by atoms with Crippen molar-refractivity contribution in [2.75, 3.05) is 6.61 Å². The highest BCUT2D eigenvalue weighted by molar-refractivity contribution is 9.10. The number of benzene rings is 1. The van der Waals surface area contributed by atoms with Crippen LogP contribution in [0.2, 0.25) is 0 Å². The lowest BCUT2D eigenvalue weighted by Gasteiger charge is -2.12. The largest absolute Gasteiger partial charge is 0.573 e. The summed E-state index contributed by atoms with van der Waals surface area (Å²) in [6.45, 7) is 0.400. The van der Waals surface area contributed by atoms with E-state index in [0.717, 1.165) is 5.56 Å². The molecule has 0 N–H and O–H groups in total. The third-order valence-electron chi connectivity index (χ3n) is 2.51. The van der Waals surface area contributed by atoms with E-state index in [0.29, 0.717) is 18.8 Å². The van der Waals surface area contributed by atoms with Crippen LogP contribution in [0, 0.1) is 0 Å². The van der Waals surface area contributed by atoms with E-state index in [1.807, 2.05) is 12.1 Å². The number of rotatable bonds is 5. The highest BCUT2D eigenvalue weighted by Crippen LogP contribution is 2.33. The summed E-state index contributed by atoms with van der Waals surface area (Å²) in [5, 5.41) is 0. The molecule has 0 spiro atoms. The topological polar surface area (TPSA) is 31.4 Å². The number of nitrogens with zero attached hydrogens (tertiary/aromatic N) is 1. The number of pyridine rings is 1. The predicted octanol–water partition coefficient (Wildman–Crippen LogP) is 4.36. The molecular weight excluding hydrogens is 351 g/mol. The molecule has 0 radical (unpaired) electrons. The number of ether oxygens (including phenoxy) is 2. The smallest absolute Gasteiger partial charge is 0.493 e. The van der Waals surface area contributed by atoms with Crippen molar-refractivity contribution >= 4 is 15.9 Å². The van der Waals surface area contributed by atoms with Crippen molar-refractivity contribution < 1.29 is 22.6 Å². The molecule has 0 saturated carbocycles. The maximum Gasteiger partial charge on any atom is 0.573 e. The van der Waals surface area contributed by atoms with Gasteiger partial charge in [0.2, 0.25) is 0 Å². The Bertz CT molecular complexity index is 591. The maximum absolute atomic E-state index is 12.1. The van der Waals surface area contributed by atoms with Crippen LogP contribution in [-0.4, -0.2) is 18.0 Å². The minimum Gasteiger partial charge on any atom is -0.493 e. The first kappa shape index (κ1) is 15.6. The maximum atomic E-state index is 12.1. The summed E-state index contributed by atoms with van der Waals surface area (Å²) in [7, 11) is 0. The molecule has 0 aliphatic rings. The van der Waals surface area contributed by atoms with Gasteiger partial charge >= 0.3 is 6.36 Å². The molecule has 3 nitrogen and oxygen atoms in total. The van der Waals surface area contributed by atoms with Crippen molar-refractivity contribution in [2.45, 2.75) is 12.8 Å². The number of halogens is 4. The minimum atomic E-state index is -4.72. The van der Waals surface area contributed by atoms with Gasteiger partial charge in [-0.2, -0.15) is 0 Å². The van der Waals surface area contributed by atoms with Crippen LogP contribution in [0.3, 0.4) is 0 Å². The van der Waals surface area contributed by atoms with Gasteiger partial charge in [0.15, 0.2) is 0 Å². The van der Waals surface area contributed by atoms with E-state index in [4.69, 9.17) is 4.74 Å².